The zero-order valence-corrected chi connectivity index (χ0v) is 12.4. The lowest BCUT2D eigenvalue weighted by molar-refractivity contribution is 0.148. The zero-order chi connectivity index (χ0) is 13.3. The van der Waals surface area contributed by atoms with Crippen LogP contribution in [0.3, 0.4) is 0 Å². The van der Waals surface area contributed by atoms with Crippen LogP contribution < -0.4 is 4.90 Å². The van der Waals surface area contributed by atoms with Gasteiger partial charge in [-0.2, -0.15) is 0 Å². The van der Waals surface area contributed by atoms with Gasteiger partial charge in [0.25, 0.3) is 0 Å². The summed E-state index contributed by atoms with van der Waals surface area (Å²) < 4.78 is 0. The molecule has 18 heavy (non-hydrogen) atoms. The van der Waals surface area contributed by atoms with E-state index in [-0.39, 0.29) is 5.54 Å². The van der Waals surface area contributed by atoms with Crippen molar-refractivity contribution < 1.29 is 0 Å². The third-order valence-corrected chi connectivity index (χ3v) is 4.01. The molecule has 0 aliphatic carbocycles. The molecule has 100 valence electrons. The number of aryl methyl sites for hydroxylation is 1. The van der Waals surface area contributed by atoms with Gasteiger partial charge in [0.2, 0.25) is 0 Å². The minimum absolute atomic E-state index is 0.206. The summed E-state index contributed by atoms with van der Waals surface area (Å²) in [6.45, 7) is 14.8. The van der Waals surface area contributed by atoms with Crippen molar-refractivity contribution in [3.05, 3.63) is 29.8 Å². The molecule has 1 aromatic rings. The van der Waals surface area contributed by atoms with Crippen LogP contribution in [0.2, 0.25) is 0 Å². The number of anilines is 1. The molecule has 1 aliphatic rings. The molecule has 1 fully saturated rings. The summed E-state index contributed by atoms with van der Waals surface area (Å²) >= 11 is 0. The SMILES string of the molecule is Cc1ccc(N2CCN(C(C)C)CC2(C)C)cc1. The van der Waals surface area contributed by atoms with Crippen LogP contribution in [0, 0.1) is 6.92 Å². The highest BCUT2D eigenvalue weighted by molar-refractivity contribution is 5.50. The van der Waals surface area contributed by atoms with Crippen LogP contribution in [-0.2, 0) is 0 Å². The van der Waals surface area contributed by atoms with E-state index in [1.165, 1.54) is 11.3 Å². The highest BCUT2D eigenvalue weighted by Crippen LogP contribution is 2.28. The normalized spacial score (nSPS) is 20.4. The molecule has 0 radical (unpaired) electrons. The van der Waals surface area contributed by atoms with Gasteiger partial charge in [0.05, 0.1) is 0 Å². The van der Waals surface area contributed by atoms with Crippen molar-refractivity contribution in [2.24, 2.45) is 0 Å². The van der Waals surface area contributed by atoms with E-state index in [0.29, 0.717) is 6.04 Å². The molecule has 1 aliphatic heterocycles. The molecule has 2 nitrogen and oxygen atoms in total. The van der Waals surface area contributed by atoms with Crippen LogP contribution in [0.1, 0.15) is 33.3 Å². The summed E-state index contributed by atoms with van der Waals surface area (Å²) in [5, 5.41) is 0. The third-order valence-electron chi connectivity index (χ3n) is 4.01. The molecular formula is C16H26N2. The molecule has 2 heteroatoms. The lowest BCUT2D eigenvalue weighted by Crippen LogP contribution is -2.60. The van der Waals surface area contributed by atoms with Crippen molar-refractivity contribution in [2.75, 3.05) is 24.5 Å². The molecule has 1 heterocycles. The number of piperazine rings is 1. The van der Waals surface area contributed by atoms with Gasteiger partial charge in [-0.25, -0.2) is 0 Å². The molecule has 0 bridgehead atoms. The Morgan fingerprint density at radius 2 is 1.67 bits per heavy atom. The van der Waals surface area contributed by atoms with Gasteiger partial charge in [0.15, 0.2) is 0 Å². The van der Waals surface area contributed by atoms with Gasteiger partial charge in [0, 0.05) is 36.9 Å². The van der Waals surface area contributed by atoms with Gasteiger partial charge in [-0.05, 0) is 46.8 Å². The number of rotatable bonds is 2. The maximum atomic E-state index is 2.57. The van der Waals surface area contributed by atoms with E-state index >= 15 is 0 Å². The van der Waals surface area contributed by atoms with Crippen molar-refractivity contribution >= 4 is 5.69 Å². The van der Waals surface area contributed by atoms with Crippen molar-refractivity contribution in [3.8, 4) is 0 Å². The Morgan fingerprint density at radius 1 is 1.06 bits per heavy atom. The van der Waals surface area contributed by atoms with Crippen LogP contribution in [0.15, 0.2) is 24.3 Å². The minimum Gasteiger partial charge on any atom is -0.364 e. The van der Waals surface area contributed by atoms with Crippen molar-refractivity contribution in [1.29, 1.82) is 0 Å². The molecule has 1 saturated heterocycles. The average molecular weight is 246 g/mol. The summed E-state index contributed by atoms with van der Waals surface area (Å²) in [6, 6.07) is 9.56. The summed E-state index contributed by atoms with van der Waals surface area (Å²) in [7, 11) is 0. The molecule has 2 rings (SSSR count). The molecule has 0 N–H and O–H groups in total. The monoisotopic (exact) mass is 246 g/mol. The van der Waals surface area contributed by atoms with Crippen molar-refractivity contribution in [1.82, 2.24) is 4.90 Å². The minimum atomic E-state index is 0.206. The average Bonchev–Trinajstić information content (AvgIpc) is 2.29. The van der Waals surface area contributed by atoms with E-state index < -0.39 is 0 Å². The van der Waals surface area contributed by atoms with Crippen LogP contribution in [0.5, 0.6) is 0 Å². The Bertz CT molecular complexity index is 392. The first kappa shape index (κ1) is 13.4. The molecule has 0 saturated carbocycles. The summed E-state index contributed by atoms with van der Waals surface area (Å²) in [5.41, 5.74) is 2.89. The van der Waals surface area contributed by atoms with E-state index in [1.54, 1.807) is 0 Å². The summed E-state index contributed by atoms with van der Waals surface area (Å²) in [6.07, 6.45) is 0. The Kier molecular flexibility index (Phi) is 3.67. The number of hydrogen-bond donors (Lipinski definition) is 0. The van der Waals surface area contributed by atoms with E-state index in [4.69, 9.17) is 0 Å². The van der Waals surface area contributed by atoms with Gasteiger partial charge in [0.1, 0.15) is 0 Å². The highest BCUT2D eigenvalue weighted by atomic mass is 15.3. The topological polar surface area (TPSA) is 6.48 Å². The van der Waals surface area contributed by atoms with Crippen molar-refractivity contribution in [3.63, 3.8) is 0 Å². The maximum absolute atomic E-state index is 2.57. The predicted octanol–water partition coefficient (Wildman–Crippen LogP) is 3.30. The third kappa shape index (κ3) is 2.69. The van der Waals surface area contributed by atoms with Crippen LogP contribution in [0.4, 0.5) is 5.69 Å². The molecule has 0 amide bonds. The lowest BCUT2D eigenvalue weighted by Gasteiger charge is -2.49. The lowest BCUT2D eigenvalue weighted by atomic mass is 9.96. The molecule has 0 unspecified atom stereocenters. The van der Waals surface area contributed by atoms with Crippen LogP contribution in [-0.4, -0.2) is 36.1 Å². The van der Waals surface area contributed by atoms with Gasteiger partial charge in [-0.1, -0.05) is 17.7 Å². The fourth-order valence-electron chi connectivity index (χ4n) is 2.84. The highest BCUT2D eigenvalue weighted by Gasteiger charge is 2.34. The van der Waals surface area contributed by atoms with E-state index in [1.807, 2.05) is 0 Å². The second kappa shape index (κ2) is 4.93. The molecule has 0 spiro atoms. The molecule has 0 atom stereocenters. The van der Waals surface area contributed by atoms with Gasteiger partial charge in [-0.3, -0.25) is 4.90 Å². The fourth-order valence-corrected chi connectivity index (χ4v) is 2.84. The van der Waals surface area contributed by atoms with Crippen LogP contribution in [0.25, 0.3) is 0 Å². The maximum Gasteiger partial charge on any atom is 0.0473 e. The molecular weight excluding hydrogens is 220 g/mol. The van der Waals surface area contributed by atoms with Crippen LogP contribution >= 0.6 is 0 Å². The quantitative estimate of drug-likeness (QED) is 0.790. The number of hydrogen-bond acceptors (Lipinski definition) is 2. The van der Waals surface area contributed by atoms with Gasteiger partial charge >= 0.3 is 0 Å². The summed E-state index contributed by atoms with van der Waals surface area (Å²) in [4.78, 5) is 5.12. The zero-order valence-electron chi connectivity index (χ0n) is 12.4. The molecule has 1 aromatic carbocycles. The Balaban J connectivity index is 2.17. The standard InChI is InChI=1S/C16H26N2/c1-13(2)17-10-11-18(16(4,5)12-17)15-8-6-14(3)7-9-15/h6-9,13H,10-12H2,1-5H3. The second-order valence-electron chi connectivity index (χ2n) is 6.36. The summed E-state index contributed by atoms with van der Waals surface area (Å²) in [5.74, 6) is 0. The predicted molar refractivity (Wildman–Crippen MR) is 79.3 cm³/mol. The second-order valence-corrected chi connectivity index (χ2v) is 6.36. The van der Waals surface area contributed by atoms with E-state index in [2.05, 4.69) is 68.7 Å². The number of benzene rings is 1. The van der Waals surface area contributed by atoms with Gasteiger partial charge in [-0.15, -0.1) is 0 Å². The Labute approximate surface area is 112 Å². The molecule has 0 aromatic heterocycles. The number of nitrogens with zero attached hydrogens (tertiary/aromatic N) is 2. The smallest absolute Gasteiger partial charge is 0.0473 e. The fraction of sp³-hybridized carbons (Fsp3) is 0.625. The first-order valence-corrected chi connectivity index (χ1v) is 6.98. The largest absolute Gasteiger partial charge is 0.364 e. The Hall–Kier alpha value is -1.02. The first-order chi connectivity index (χ1) is 8.40. The first-order valence-electron chi connectivity index (χ1n) is 6.98. The van der Waals surface area contributed by atoms with E-state index in [9.17, 15) is 0 Å². The Morgan fingerprint density at radius 3 is 2.17 bits per heavy atom. The van der Waals surface area contributed by atoms with Crippen molar-refractivity contribution in [2.45, 2.75) is 46.2 Å². The van der Waals surface area contributed by atoms with Gasteiger partial charge < -0.3 is 4.90 Å². The van der Waals surface area contributed by atoms with E-state index in [0.717, 1.165) is 19.6 Å².